The van der Waals surface area contributed by atoms with Crippen LogP contribution in [0.2, 0.25) is 0 Å². The predicted molar refractivity (Wildman–Crippen MR) is 127 cm³/mol. The van der Waals surface area contributed by atoms with Crippen molar-refractivity contribution in [3.05, 3.63) is 50.1 Å². The molecule has 2 heterocycles. The average Bonchev–Trinajstić information content (AvgIpc) is 3.13. The minimum Gasteiger partial charge on any atom is -0.450 e. The van der Waals surface area contributed by atoms with Gasteiger partial charge in [0.05, 0.1) is 23.4 Å². The molecule has 4 rings (SSSR count). The summed E-state index contributed by atoms with van der Waals surface area (Å²) in [7, 11) is 0. The van der Waals surface area contributed by atoms with Crippen molar-refractivity contribution in [2.24, 2.45) is 0 Å². The smallest absolute Gasteiger partial charge is 0.413 e. The summed E-state index contributed by atoms with van der Waals surface area (Å²) in [6, 6.07) is 5.94. The lowest BCUT2D eigenvalue weighted by Gasteiger charge is -2.16. The van der Waals surface area contributed by atoms with Crippen LogP contribution in [0.15, 0.2) is 28.2 Å². The number of fused-ring (bicyclic) bond motifs is 3. The van der Waals surface area contributed by atoms with E-state index in [0.717, 1.165) is 64.7 Å². The second kappa shape index (κ2) is 9.46. The van der Waals surface area contributed by atoms with Crippen LogP contribution in [0.5, 0.6) is 0 Å². The molecule has 0 spiro atoms. The first-order chi connectivity index (χ1) is 15.4. The van der Waals surface area contributed by atoms with Gasteiger partial charge < -0.3 is 4.74 Å². The van der Waals surface area contributed by atoms with Gasteiger partial charge in [0.15, 0.2) is 5.16 Å². The van der Waals surface area contributed by atoms with Crippen LogP contribution in [-0.2, 0) is 22.4 Å². The van der Waals surface area contributed by atoms with Crippen molar-refractivity contribution in [3.8, 4) is 5.69 Å². The molecule has 0 aliphatic heterocycles. The molecule has 0 radical (unpaired) electrons. The molecule has 0 saturated carbocycles. The number of imide groups is 1. The van der Waals surface area contributed by atoms with E-state index in [1.807, 2.05) is 32.0 Å². The third kappa shape index (κ3) is 4.45. The number of benzene rings is 1. The van der Waals surface area contributed by atoms with Crippen molar-refractivity contribution < 1.29 is 14.3 Å². The first kappa shape index (κ1) is 22.5. The van der Waals surface area contributed by atoms with E-state index in [0.29, 0.717) is 10.5 Å². The highest BCUT2D eigenvalue weighted by Gasteiger charge is 2.24. The number of amides is 2. The lowest BCUT2D eigenvalue weighted by Crippen LogP contribution is -2.32. The standard InChI is InChI=1S/C23H25N3O4S2/c1-4-30-23(29)24-18(27)12-31-22-25-20-19(15-7-5-6-8-17(15)32-20)21(28)26(22)16-11-13(2)9-10-14(16)3/h9-11H,4-8,12H2,1-3H3,(H,24,27,29). The number of carbonyl (C=O) groups is 2. The molecule has 1 aliphatic rings. The molecule has 0 unspecified atom stereocenters. The summed E-state index contributed by atoms with van der Waals surface area (Å²) in [5.41, 5.74) is 3.76. The number of alkyl carbamates (subject to hydrolysis) is 1. The molecule has 1 N–H and O–H groups in total. The Labute approximate surface area is 194 Å². The summed E-state index contributed by atoms with van der Waals surface area (Å²) in [5.74, 6) is -0.562. The summed E-state index contributed by atoms with van der Waals surface area (Å²) in [4.78, 5) is 44.4. The van der Waals surface area contributed by atoms with Crippen molar-refractivity contribution in [1.82, 2.24) is 14.9 Å². The topological polar surface area (TPSA) is 90.3 Å². The molecular weight excluding hydrogens is 446 g/mol. The summed E-state index contributed by atoms with van der Waals surface area (Å²) < 4.78 is 6.38. The molecule has 0 atom stereocenters. The fourth-order valence-corrected chi connectivity index (χ4v) is 6.01. The molecule has 2 aromatic heterocycles. The predicted octanol–water partition coefficient (Wildman–Crippen LogP) is 4.31. The van der Waals surface area contributed by atoms with Gasteiger partial charge in [-0.15, -0.1) is 11.3 Å². The Bertz CT molecular complexity index is 1260. The molecule has 0 fully saturated rings. The number of aryl methyl sites for hydroxylation is 4. The fraction of sp³-hybridized carbons (Fsp3) is 0.391. The minimum absolute atomic E-state index is 0.0628. The van der Waals surface area contributed by atoms with E-state index in [1.165, 1.54) is 4.88 Å². The second-order valence-electron chi connectivity index (χ2n) is 7.77. The number of hydrogen-bond acceptors (Lipinski definition) is 7. The van der Waals surface area contributed by atoms with Gasteiger partial charge in [0.1, 0.15) is 4.83 Å². The number of thioether (sulfide) groups is 1. The van der Waals surface area contributed by atoms with Crippen molar-refractivity contribution in [2.45, 2.75) is 51.6 Å². The molecule has 1 aromatic carbocycles. The third-order valence-electron chi connectivity index (χ3n) is 5.41. The SMILES string of the molecule is CCOC(=O)NC(=O)CSc1nc2sc3c(c2c(=O)n1-c1cc(C)ccc1C)CCCC3. The Hall–Kier alpha value is -2.65. The highest BCUT2D eigenvalue weighted by Crippen LogP contribution is 2.35. The van der Waals surface area contributed by atoms with Crippen LogP contribution >= 0.6 is 23.1 Å². The Morgan fingerprint density at radius 1 is 1.25 bits per heavy atom. The van der Waals surface area contributed by atoms with Crippen LogP contribution < -0.4 is 10.9 Å². The molecule has 0 saturated heterocycles. The first-order valence-corrected chi connectivity index (χ1v) is 12.4. The number of thiophene rings is 1. The largest absolute Gasteiger partial charge is 0.450 e. The number of ether oxygens (including phenoxy) is 1. The monoisotopic (exact) mass is 471 g/mol. The number of rotatable bonds is 5. The number of hydrogen-bond donors (Lipinski definition) is 1. The van der Waals surface area contributed by atoms with Gasteiger partial charge >= 0.3 is 6.09 Å². The van der Waals surface area contributed by atoms with E-state index in [-0.39, 0.29) is 17.9 Å². The molecule has 7 nitrogen and oxygen atoms in total. The summed E-state index contributed by atoms with van der Waals surface area (Å²) in [6.45, 7) is 5.78. The Kier molecular flexibility index (Phi) is 6.66. The fourth-order valence-electron chi connectivity index (χ4n) is 3.90. The average molecular weight is 472 g/mol. The molecule has 1 aliphatic carbocycles. The van der Waals surface area contributed by atoms with Crippen LogP contribution in [0.1, 0.15) is 41.3 Å². The van der Waals surface area contributed by atoms with Crippen molar-refractivity contribution in [1.29, 1.82) is 0 Å². The molecule has 32 heavy (non-hydrogen) atoms. The highest BCUT2D eigenvalue weighted by molar-refractivity contribution is 7.99. The van der Waals surface area contributed by atoms with Gasteiger partial charge in [-0.05, 0) is 69.2 Å². The molecule has 168 valence electrons. The minimum atomic E-state index is -0.778. The van der Waals surface area contributed by atoms with Gasteiger partial charge in [0.2, 0.25) is 5.91 Å². The van der Waals surface area contributed by atoms with Gasteiger partial charge in [-0.25, -0.2) is 9.78 Å². The van der Waals surface area contributed by atoms with Crippen LogP contribution in [0.4, 0.5) is 4.79 Å². The van der Waals surface area contributed by atoms with Crippen LogP contribution in [0.3, 0.4) is 0 Å². The summed E-state index contributed by atoms with van der Waals surface area (Å²) in [6.07, 6.45) is 3.30. The highest BCUT2D eigenvalue weighted by atomic mass is 32.2. The van der Waals surface area contributed by atoms with Crippen molar-refractivity contribution in [2.75, 3.05) is 12.4 Å². The molecule has 0 bridgehead atoms. The van der Waals surface area contributed by atoms with Gasteiger partial charge in [0, 0.05) is 4.88 Å². The van der Waals surface area contributed by atoms with E-state index in [2.05, 4.69) is 5.32 Å². The molecular formula is C23H25N3O4S2. The van der Waals surface area contributed by atoms with Gasteiger partial charge in [0.25, 0.3) is 5.56 Å². The summed E-state index contributed by atoms with van der Waals surface area (Å²) in [5, 5.41) is 3.33. The zero-order valence-corrected chi connectivity index (χ0v) is 20.0. The zero-order valence-electron chi connectivity index (χ0n) is 18.3. The summed E-state index contributed by atoms with van der Waals surface area (Å²) >= 11 is 2.72. The number of nitrogens with zero attached hydrogens (tertiary/aromatic N) is 2. The van der Waals surface area contributed by atoms with E-state index < -0.39 is 12.0 Å². The van der Waals surface area contributed by atoms with E-state index >= 15 is 0 Å². The van der Waals surface area contributed by atoms with Gasteiger partial charge in [-0.3, -0.25) is 19.5 Å². The van der Waals surface area contributed by atoms with Crippen LogP contribution in [0, 0.1) is 13.8 Å². The maximum atomic E-state index is 13.8. The van der Waals surface area contributed by atoms with Crippen molar-refractivity contribution >= 4 is 45.3 Å². The lowest BCUT2D eigenvalue weighted by molar-refractivity contribution is -0.117. The third-order valence-corrected chi connectivity index (χ3v) is 7.54. The van der Waals surface area contributed by atoms with E-state index in [4.69, 9.17) is 9.72 Å². The number of aromatic nitrogens is 2. The first-order valence-electron chi connectivity index (χ1n) is 10.6. The molecule has 3 aromatic rings. The maximum Gasteiger partial charge on any atom is 0.413 e. The number of carbonyl (C=O) groups excluding carboxylic acids is 2. The van der Waals surface area contributed by atoms with Crippen LogP contribution in [0.25, 0.3) is 15.9 Å². The molecule has 2 amide bonds. The van der Waals surface area contributed by atoms with Crippen molar-refractivity contribution in [3.63, 3.8) is 0 Å². The second-order valence-corrected chi connectivity index (χ2v) is 9.80. The Morgan fingerprint density at radius 3 is 2.81 bits per heavy atom. The Morgan fingerprint density at radius 2 is 2.03 bits per heavy atom. The Balaban J connectivity index is 1.80. The van der Waals surface area contributed by atoms with E-state index in [9.17, 15) is 14.4 Å². The van der Waals surface area contributed by atoms with E-state index in [1.54, 1.807) is 22.8 Å². The maximum absolute atomic E-state index is 13.8. The van der Waals surface area contributed by atoms with Crippen LogP contribution in [-0.4, -0.2) is 33.9 Å². The van der Waals surface area contributed by atoms with Gasteiger partial charge in [-0.2, -0.15) is 0 Å². The zero-order chi connectivity index (χ0) is 22.8. The lowest BCUT2D eigenvalue weighted by atomic mass is 9.97. The van der Waals surface area contributed by atoms with Gasteiger partial charge in [-0.1, -0.05) is 23.9 Å². The quantitative estimate of drug-likeness (QED) is 0.441. The molecule has 9 heteroatoms. The number of nitrogens with one attached hydrogen (secondary N) is 1. The normalized spacial score (nSPS) is 13.1.